The minimum atomic E-state index is -1.24. The number of hydrogen-bond acceptors (Lipinski definition) is 11. The number of benzene rings is 1. The minimum absolute atomic E-state index is 0.0945. The maximum absolute atomic E-state index is 12.1. The average molecular weight is 508 g/mol. The Morgan fingerprint density at radius 1 is 1.00 bits per heavy atom. The summed E-state index contributed by atoms with van der Waals surface area (Å²) in [5, 5.41) is 7.07. The molecule has 1 saturated heterocycles. The van der Waals surface area contributed by atoms with Gasteiger partial charge in [-0.2, -0.15) is 4.68 Å². The van der Waals surface area contributed by atoms with Crippen LogP contribution in [0.3, 0.4) is 0 Å². The van der Waals surface area contributed by atoms with Crippen LogP contribution >= 0.6 is 12.2 Å². The number of hydrogen-bond donors (Lipinski definition) is 1. The van der Waals surface area contributed by atoms with Gasteiger partial charge in [0.2, 0.25) is 11.8 Å². The smallest absolute Gasteiger partial charge is 0.303 e. The minimum Gasteiger partial charge on any atom is -0.463 e. The fourth-order valence-electron chi connectivity index (χ4n) is 3.66. The topological polar surface area (TPSA) is 148 Å². The van der Waals surface area contributed by atoms with Crippen LogP contribution in [-0.4, -0.2) is 64.6 Å². The zero-order chi connectivity index (χ0) is 25.7. The maximum Gasteiger partial charge on any atom is 0.303 e. The first-order chi connectivity index (χ1) is 16.6. The van der Waals surface area contributed by atoms with Gasteiger partial charge in [0.05, 0.1) is 0 Å². The Hall–Kier alpha value is -3.58. The third-order valence-electron chi connectivity index (χ3n) is 4.92. The molecule has 1 aliphatic rings. The first-order valence-electron chi connectivity index (χ1n) is 10.6. The number of ether oxygens (including phenoxy) is 4. The Balaban J connectivity index is 2.10. The quantitative estimate of drug-likeness (QED) is 0.332. The van der Waals surface area contributed by atoms with Crippen LogP contribution in [0.5, 0.6) is 0 Å². The molecule has 1 fully saturated rings. The molecule has 1 N–H and O–H groups in total. The van der Waals surface area contributed by atoms with Crippen molar-refractivity contribution in [3.8, 4) is 11.5 Å². The lowest BCUT2D eigenvalue weighted by atomic mass is 9.95. The number of amides is 1. The number of nitrogens with zero attached hydrogens (tertiary/aromatic N) is 2. The Labute approximate surface area is 205 Å². The van der Waals surface area contributed by atoms with Gasteiger partial charge in [-0.25, -0.2) is 0 Å². The predicted molar refractivity (Wildman–Crippen MR) is 120 cm³/mol. The molecule has 1 aliphatic heterocycles. The van der Waals surface area contributed by atoms with E-state index in [9.17, 15) is 19.2 Å². The molecule has 2 aromatic rings. The van der Waals surface area contributed by atoms with Crippen molar-refractivity contribution >= 4 is 36.0 Å². The van der Waals surface area contributed by atoms with E-state index in [1.54, 1.807) is 24.3 Å². The number of carbonyl (C=O) groups is 4. The first-order valence-corrected chi connectivity index (χ1v) is 11.0. The van der Waals surface area contributed by atoms with Gasteiger partial charge < -0.3 is 28.7 Å². The summed E-state index contributed by atoms with van der Waals surface area (Å²) in [5.41, 5.74) is 0.634. The van der Waals surface area contributed by atoms with Crippen molar-refractivity contribution in [2.24, 2.45) is 0 Å². The number of carbonyl (C=O) groups excluding carboxylic acids is 4. The second-order valence-corrected chi connectivity index (χ2v) is 8.08. The third kappa shape index (κ3) is 6.51. The van der Waals surface area contributed by atoms with Crippen LogP contribution in [0, 0.1) is 4.84 Å². The second-order valence-electron chi connectivity index (χ2n) is 7.73. The van der Waals surface area contributed by atoms with Crippen LogP contribution in [0.2, 0.25) is 0 Å². The average Bonchev–Trinajstić information content (AvgIpc) is 3.16. The van der Waals surface area contributed by atoms with Gasteiger partial charge in [-0.05, 0) is 24.4 Å². The van der Waals surface area contributed by atoms with Crippen LogP contribution in [0.25, 0.3) is 11.5 Å². The largest absolute Gasteiger partial charge is 0.463 e. The summed E-state index contributed by atoms with van der Waals surface area (Å²) in [7, 11) is 0. The highest BCUT2D eigenvalue weighted by atomic mass is 32.1. The zero-order valence-corrected chi connectivity index (χ0v) is 20.3. The molecule has 188 valence electrons. The van der Waals surface area contributed by atoms with Crippen LogP contribution in [0.1, 0.15) is 33.9 Å². The van der Waals surface area contributed by atoms with Gasteiger partial charge in [0.15, 0.2) is 18.4 Å². The van der Waals surface area contributed by atoms with E-state index in [0.717, 1.165) is 13.8 Å². The second kappa shape index (κ2) is 11.2. The van der Waals surface area contributed by atoms with Crippen LogP contribution in [0.15, 0.2) is 34.7 Å². The van der Waals surface area contributed by atoms with E-state index in [1.807, 2.05) is 6.07 Å². The summed E-state index contributed by atoms with van der Waals surface area (Å²) >= 11 is 5.35. The van der Waals surface area contributed by atoms with Crippen molar-refractivity contribution < 1.29 is 42.5 Å². The zero-order valence-electron chi connectivity index (χ0n) is 19.5. The van der Waals surface area contributed by atoms with Crippen LogP contribution < -0.4 is 5.32 Å². The summed E-state index contributed by atoms with van der Waals surface area (Å²) in [6.07, 6.45) is -4.73. The molecule has 0 unspecified atom stereocenters. The van der Waals surface area contributed by atoms with E-state index < -0.39 is 54.4 Å². The van der Waals surface area contributed by atoms with Gasteiger partial charge >= 0.3 is 17.9 Å². The number of esters is 3. The lowest BCUT2D eigenvalue weighted by molar-refractivity contribution is -0.239. The number of aromatic nitrogens is 2. The van der Waals surface area contributed by atoms with Gasteiger partial charge in [0.25, 0.3) is 4.84 Å². The van der Waals surface area contributed by atoms with E-state index in [-0.39, 0.29) is 17.3 Å². The van der Waals surface area contributed by atoms with Crippen molar-refractivity contribution in [1.29, 1.82) is 0 Å². The fourth-order valence-corrected chi connectivity index (χ4v) is 3.89. The van der Waals surface area contributed by atoms with Crippen molar-refractivity contribution in [2.45, 2.75) is 58.3 Å². The molecule has 1 amide bonds. The Morgan fingerprint density at radius 2 is 1.63 bits per heavy atom. The lowest BCUT2D eigenvalue weighted by Gasteiger charge is -2.44. The van der Waals surface area contributed by atoms with Crippen molar-refractivity contribution in [3.63, 3.8) is 0 Å². The molecule has 13 heteroatoms. The molecule has 0 bridgehead atoms. The molecule has 35 heavy (non-hydrogen) atoms. The molecular weight excluding hydrogens is 482 g/mol. The maximum atomic E-state index is 12.1. The van der Waals surface area contributed by atoms with Gasteiger partial charge in [0.1, 0.15) is 18.8 Å². The molecule has 1 aromatic heterocycles. The first kappa shape index (κ1) is 26.0. The van der Waals surface area contributed by atoms with E-state index >= 15 is 0 Å². The lowest BCUT2D eigenvalue weighted by Crippen LogP contribution is -2.64. The van der Waals surface area contributed by atoms with Gasteiger partial charge in [-0.1, -0.05) is 18.2 Å². The van der Waals surface area contributed by atoms with Gasteiger partial charge in [-0.3, -0.25) is 19.2 Å². The standard InChI is InChI=1S/C22H25N3O9S/c1-11(26)23-17-19(32-14(4)29)18(31-13(3)28)16(10-30-12(2)27)33-21(17)25-22(35)34-20(24-25)15-8-6-5-7-9-15/h5-9,16-19,21H,10H2,1-4H3,(H,23,26)/t16-,17+,18+,19-,21+/m0/s1. The molecule has 5 atom stereocenters. The molecule has 2 heterocycles. The summed E-state index contributed by atoms with van der Waals surface area (Å²) < 4.78 is 28.9. The van der Waals surface area contributed by atoms with Crippen molar-refractivity contribution in [2.75, 3.05) is 6.61 Å². The molecule has 0 radical (unpaired) electrons. The summed E-state index contributed by atoms with van der Waals surface area (Å²) in [6.45, 7) is 4.43. The SMILES string of the molecule is CC(=O)N[C@@H]1[C@H](OC(C)=O)[C@H](OC(C)=O)[C@H](COC(C)=O)O[C@H]1n1nc(-c2ccccc2)oc1=S. The molecule has 3 rings (SSSR count). The predicted octanol–water partition coefficient (Wildman–Crippen LogP) is 1.70. The normalized spacial score (nSPS) is 23.7. The monoisotopic (exact) mass is 507 g/mol. The molecule has 0 aliphatic carbocycles. The van der Waals surface area contributed by atoms with Crippen molar-refractivity contribution in [1.82, 2.24) is 15.1 Å². The Morgan fingerprint density at radius 3 is 2.20 bits per heavy atom. The molecule has 12 nitrogen and oxygen atoms in total. The van der Waals surface area contributed by atoms with Crippen LogP contribution in [0.4, 0.5) is 0 Å². The molecule has 0 spiro atoms. The molecular formula is C22H25N3O9S. The van der Waals surface area contributed by atoms with E-state index in [1.165, 1.54) is 18.5 Å². The van der Waals surface area contributed by atoms with E-state index in [4.69, 9.17) is 35.6 Å². The van der Waals surface area contributed by atoms with Crippen LogP contribution in [-0.2, 0) is 38.1 Å². The highest BCUT2D eigenvalue weighted by Gasteiger charge is 2.52. The van der Waals surface area contributed by atoms with Gasteiger partial charge in [-0.15, -0.1) is 5.10 Å². The van der Waals surface area contributed by atoms with Crippen molar-refractivity contribution in [3.05, 3.63) is 35.2 Å². The molecule has 1 aromatic carbocycles. The van der Waals surface area contributed by atoms with E-state index in [2.05, 4.69) is 10.4 Å². The van der Waals surface area contributed by atoms with E-state index in [0.29, 0.717) is 5.56 Å². The highest BCUT2D eigenvalue weighted by molar-refractivity contribution is 7.71. The highest BCUT2D eigenvalue weighted by Crippen LogP contribution is 2.33. The Bertz CT molecular complexity index is 1150. The summed E-state index contributed by atoms with van der Waals surface area (Å²) in [4.78, 5) is 47.3. The fraction of sp³-hybridized carbons (Fsp3) is 0.455. The number of nitrogens with one attached hydrogen (secondary N) is 1. The summed E-state index contributed by atoms with van der Waals surface area (Å²) in [6, 6.07) is 7.83. The summed E-state index contributed by atoms with van der Waals surface area (Å²) in [5.74, 6) is -2.32. The van der Waals surface area contributed by atoms with Gasteiger partial charge in [0, 0.05) is 33.3 Å². The number of rotatable bonds is 7. The molecule has 0 saturated carbocycles. The Kier molecular flexibility index (Phi) is 8.35. The third-order valence-corrected chi connectivity index (χ3v) is 5.19.